The maximum atomic E-state index is 13.1. The number of aromatic amines is 1. The number of carbonyl (C=O) groups is 1. The van der Waals surface area contributed by atoms with Gasteiger partial charge >= 0.3 is 11.7 Å². The second-order valence-electron chi connectivity index (χ2n) is 4.32. The van der Waals surface area contributed by atoms with E-state index in [4.69, 9.17) is 5.11 Å². The van der Waals surface area contributed by atoms with Crippen LogP contribution in [0.15, 0.2) is 33.0 Å². The predicted octanol–water partition coefficient (Wildman–Crippen LogP) is 2.14. The molecule has 0 amide bonds. The lowest BCUT2D eigenvalue weighted by atomic mass is 10.2. The van der Waals surface area contributed by atoms with E-state index in [1.165, 1.54) is 16.7 Å². The number of halogens is 1. The Bertz CT molecular complexity index is 708. The first-order valence-electron chi connectivity index (χ1n) is 5.77. The molecule has 1 aromatic carbocycles. The number of aromatic nitrogens is 3. The van der Waals surface area contributed by atoms with Crippen LogP contribution in [0.25, 0.3) is 0 Å². The van der Waals surface area contributed by atoms with Crippen molar-refractivity contribution in [3.05, 3.63) is 40.1 Å². The summed E-state index contributed by atoms with van der Waals surface area (Å²) < 4.78 is 14.5. The van der Waals surface area contributed by atoms with Crippen molar-refractivity contribution in [2.24, 2.45) is 0 Å². The number of aromatic carboxylic acids is 1. The molecule has 2 N–H and O–H groups in total. The highest BCUT2D eigenvalue weighted by Gasteiger charge is 2.17. The zero-order valence-corrected chi connectivity index (χ0v) is 11.6. The molecule has 2 rings (SSSR count). The fraction of sp³-hybridized carbons (Fsp3) is 0.250. The van der Waals surface area contributed by atoms with Gasteiger partial charge in [0.1, 0.15) is 5.82 Å². The molecular formula is C12H12FN3O3S. The average molecular weight is 297 g/mol. The quantitative estimate of drug-likeness (QED) is 0.902. The molecule has 0 spiro atoms. The van der Waals surface area contributed by atoms with Crippen molar-refractivity contribution in [1.82, 2.24) is 14.8 Å². The summed E-state index contributed by atoms with van der Waals surface area (Å²) in [7, 11) is 0. The molecule has 8 heteroatoms. The summed E-state index contributed by atoms with van der Waals surface area (Å²) in [5.41, 5.74) is -0.540. The molecule has 0 radical (unpaired) electrons. The molecule has 6 nitrogen and oxygen atoms in total. The smallest absolute Gasteiger partial charge is 0.344 e. The molecule has 0 fully saturated rings. The fourth-order valence-electron chi connectivity index (χ4n) is 1.67. The standard InChI is InChI=1S/C12H12FN3O3S/c1-6(2)16-11(19)14-15-12(16)20-9-4-3-7(13)5-8(9)10(17)18/h3-6H,1-2H3,(H,14,19)(H,17,18). The Balaban J connectivity index is 2.45. The third-order valence-electron chi connectivity index (χ3n) is 2.56. The first-order chi connectivity index (χ1) is 9.40. The first-order valence-corrected chi connectivity index (χ1v) is 6.59. The monoisotopic (exact) mass is 297 g/mol. The van der Waals surface area contributed by atoms with E-state index in [9.17, 15) is 14.0 Å². The van der Waals surface area contributed by atoms with Gasteiger partial charge in [0.15, 0.2) is 5.16 Å². The summed E-state index contributed by atoms with van der Waals surface area (Å²) in [5, 5.41) is 15.6. The van der Waals surface area contributed by atoms with Crippen LogP contribution in [-0.2, 0) is 0 Å². The van der Waals surface area contributed by atoms with Crippen molar-refractivity contribution in [1.29, 1.82) is 0 Å². The number of nitrogens with zero attached hydrogens (tertiary/aromatic N) is 2. The lowest BCUT2D eigenvalue weighted by molar-refractivity contribution is 0.0692. The molecule has 0 aliphatic rings. The van der Waals surface area contributed by atoms with Crippen molar-refractivity contribution in [2.45, 2.75) is 29.9 Å². The van der Waals surface area contributed by atoms with Gasteiger partial charge in [0.05, 0.1) is 5.56 Å². The molecule has 0 unspecified atom stereocenters. The van der Waals surface area contributed by atoms with Crippen molar-refractivity contribution >= 4 is 17.7 Å². The van der Waals surface area contributed by atoms with Gasteiger partial charge in [0, 0.05) is 10.9 Å². The van der Waals surface area contributed by atoms with E-state index in [-0.39, 0.29) is 17.3 Å². The van der Waals surface area contributed by atoms with Crippen molar-refractivity contribution in [2.75, 3.05) is 0 Å². The van der Waals surface area contributed by atoms with E-state index in [2.05, 4.69) is 10.2 Å². The molecular weight excluding hydrogens is 285 g/mol. The molecule has 0 aliphatic carbocycles. The van der Waals surface area contributed by atoms with Gasteiger partial charge in [-0.3, -0.25) is 4.57 Å². The average Bonchev–Trinajstić information content (AvgIpc) is 2.72. The SMILES string of the molecule is CC(C)n1c(Sc2ccc(F)cc2C(=O)O)n[nH]c1=O. The molecule has 0 bridgehead atoms. The Morgan fingerprint density at radius 2 is 2.20 bits per heavy atom. The van der Waals surface area contributed by atoms with Gasteiger partial charge < -0.3 is 5.11 Å². The number of rotatable bonds is 4. The number of nitrogens with one attached hydrogen (secondary N) is 1. The maximum Gasteiger partial charge on any atom is 0.344 e. The second-order valence-corrected chi connectivity index (χ2v) is 5.33. The molecule has 106 valence electrons. The lowest BCUT2D eigenvalue weighted by Gasteiger charge is -2.09. The van der Waals surface area contributed by atoms with Crippen LogP contribution in [0.4, 0.5) is 4.39 Å². The van der Waals surface area contributed by atoms with E-state index in [1.807, 2.05) is 13.8 Å². The van der Waals surface area contributed by atoms with Crippen LogP contribution in [0.2, 0.25) is 0 Å². The van der Waals surface area contributed by atoms with Crippen LogP contribution >= 0.6 is 11.8 Å². The van der Waals surface area contributed by atoms with Gasteiger partial charge in [-0.1, -0.05) is 0 Å². The van der Waals surface area contributed by atoms with Gasteiger partial charge in [-0.2, -0.15) is 0 Å². The molecule has 0 saturated carbocycles. The van der Waals surface area contributed by atoms with Gasteiger partial charge in [-0.25, -0.2) is 19.1 Å². The minimum Gasteiger partial charge on any atom is -0.478 e. The molecule has 0 aliphatic heterocycles. The van der Waals surface area contributed by atoms with E-state index >= 15 is 0 Å². The van der Waals surface area contributed by atoms with Crippen LogP contribution in [0.5, 0.6) is 0 Å². The topological polar surface area (TPSA) is 88.0 Å². The number of H-pyrrole nitrogens is 1. The van der Waals surface area contributed by atoms with Crippen molar-refractivity contribution in [3.8, 4) is 0 Å². The van der Waals surface area contributed by atoms with Gasteiger partial charge in [-0.05, 0) is 43.8 Å². The first kappa shape index (κ1) is 14.3. The Hall–Kier alpha value is -2.09. The van der Waals surface area contributed by atoms with Gasteiger partial charge in [0.2, 0.25) is 0 Å². The van der Waals surface area contributed by atoms with E-state index in [0.717, 1.165) is 17.8 Å². The Morgan fingerprint density at radius 1 is 1.50 bits per heavy atom. The molecule has 1 aromatic heterocycles. The Kier molecular flexibility index (Phi) is 3.93. The molecule has 0 saturated heterocycles. The number of hydrogen-bond acceptors (Lipinski definition) is 4. The van der Waals surface area contributed by atoms with Crippen molar-refractivity contribution in [3.63, 3.8) is 0 Å². The zero-order valence-electron chi connectivity index (χ0n) is 10.8. The number of benzene rings is 1. The largest absolute Gasteiger partial charge is 0.478 e. The summed E-state index contributed by atoms with van der Waals surface area (Å²) in [6.45, 7) is 3.62. The Morgan fingerprint density at radius 3 is 2.80 bits per heavy atom. The van der Waals surface area contributed by atoms with E-state index < -0.39 is 11.8 Å². The highest BCUT2D eigenvalue weighted by atomic mass is 32.2. The second kappa shape index (κ2) is 5.49. The van der Waals surface area contributed by atoms with E-state index in [1.54, 1.807) is 0 Å². The van der Waals surface area contributed by atoms with Gasteiger partial charge in [-0.15, -0.1) is 5.10 Å². The van der Waals surface area contributed by atoms with Crippen LogP contribution in [-0.4, -0.2) is 25.8 Å². The molecule has 2 aromatic rings. The highest BCUT2D eigenvalue weighted by molar-refractivity contribution is 7.99. The molecule has 1 heterocycles. The van der Waals surface area contributed by atoms with Crippen LogP contribution in [0.1, 0.15) is 30.2 Å². The minimum atomic E-state index is -1.24. The molecule has 20 heavy (non-hydrogen) atoms. The number of hydrogen-bond donors (Lipinski definition) is 2. The third-order valence-corrected chi connectivity index (χ3v) is 3.61. The lowest BCUT2D eigenvalue weighted by Crippen LogP contribution is -2.19. The normalized spacial score (nSPS) is 11.0. The predicted molar refractivity (Wildman–Crippen MR) is 70.7 cm³/mol. The highest BCUT2D eigenvalue weighted by Crippen LogP contribution is 2.30. The van der Waals surface area contributed by atoms with Crippen molar-refractivity contribution < 1.29 is 14.3 Å². The maximum absolute atomic E-state index is 13.1. The summed E-state index contributed by atoms with van der Waals surface area (Å²) in [4.78, 5) is 23.0. The Labute approximate surface area is 117 Å². The summed E-state index contributed by atoms with van der Waals surface area (Å²) >= 11 is 1.00. The summed E-state index contributed by atoms with van der Waals surface area (Å²) in [6.07, 6.45) is 0. The van der Waals surface area contributed by atoms with Crippen LogP contribution < -0.4 is 5.69 Å². The van der Waals surface area contributed by atoms with Crippen LogP contribution in [0, 0.1) is 5.82 Å². The zero-order chi connectivity index (χ0) is 14.9. The summed E-state index contributed by atoms with van der Waals surface area (Å²) in [6, 6.07) is 3.33. The van der Waals surface area contributed by atoms with Crippen LogP contribution in [0.3, 0.4) is 0 Å². The van der Waals surface area contributed by atoms with E-state index in [0.29, 0.717) is 10.1 Å². The molecule has 0 atom stereocenters. The third kappa shape index (κ3) is 2.74. The minimum absolute atomic E-state index is 0.127. The number of carboxylic acids is 1. The fourth-order valence-corrected chi connectivity index (χ4v) is 2.75. The number of carboxylic acid groups (broad SMARTS) is 1. The summed E-state index contributed by atoms with van der Waals surface area (Å²) in [5.74, 6) is -1.86. The van der Waals surface area contributed by atoms with Gasteiger partial charge in [0.25, 0.3) is 0 Å².